The van der Waals surface area contributed by atoms with Crippen LogP contribution in [0.1, 0.15) is 15.2 Å². The number of thiophene rings is 1. The van der Waals surface area contributed by atoms with Gasteiger partial charge in [0.2, 0.25) is 0 Å². The fourth-order valence-corrected chi connectivity index (χ4v) is 3.93. The van der Waals surface area contributed by atoms with Gasteiger partial charge in [-0.1, -0.05) is 35.5 Å². The van der Waals surface area contributed by atoms with Crippen molar-refractivity contribution in [1.82, 2.24) is 10.4 Å². The summed E-state index contributed by atoms with van der Waals surface area (Å²) in [4.78, 5) is 17.2. The Labute approximate surface area is 152 Å². The van der Waals surface area contributed by atoms with E-state index in [1.807, 2.05) is 30.3 Å². The van der Waals surface area contributed by atoms with E-state index >= 15 is 0 Å². The highest BCUT2D eigenvalue weighted by atomic mass is 35.5. The smallest absolute Gasteiger partial charge is 0.267 e. The third kappa shape index (κ3) is 4.67. The minimum Gasteiger partial charge on any atom is -0.267 e. The fourth-order valence-electron chi connectivity index (χ4n) is 1.82. The molecule has 0 spiro atoms. The van der Waals surface area contributed by atoms with Crippen LogP contribution in [-0.2, 0) is 0 Å². The number of nitrogens with one attached hydrogen (secondary N) is 1. The molecule has 0 atom stereocenters. The zero-order valence-electron chi connectivity index (χ0n) is 12.3. The van der Waals surface area contributed by atoms with Crippen LogP contribution in [0.5, 0.6) is 0 Å². The normalized spacial score (nSPS) is 10.9. The first kappa shape index (κ1) is 16.7. The summed E-state index contributed by atoms with van der Waals surface area (Å²) in [5.74, 6) is -0.298. The van der Waals surface area contributed by atoms with Gasteiger partial charge < -0.3 is 0 Å². The van der Waals surface area contributed by atoms with E-state index in [1.54, 1.807) is 59.8 Å². The highest BCUT2D eigenvalue weighted by molar-refractivity contribution is 8.01. The van der Waals surface area contributed by atoms with Gasteiger partial charge in [0, 0.05) is 21.7 Å². The molecule has 7 heteroatoms. The summed E-state index contributed by atoms with van der Waals surface area (Å²) >= 11 is 9.03. The summed E-state index contributed by atoms with van der Waals surface area (Å²) in [5.41, 5.74) is 2.96. The van der Waals surface area contributed by atoms with E-state index in [1.165, 1.54) is 0 Å². The van der Waals surface area contributed by atoms with Gasteiger partial charge in [-0.3, -0.25) is 4.79 Å². The van der Waals surface area contributed by atoms with Crippen molar-refractivity contribution in [2.45, 2.75) is 9.24 Å². The van der Waals surface area contributed by atoms with Crippen LogP contribution in [0.3, 0.4) is 0 Å². The third-order valence-electron chi connectivity index (χ3n) is 2.89. The quantitative estimate of drug-likeness (QED) is 0.520. The molecule has 4 nitrogen and oxygen atoms in total. The SMILES string of the molecule is O=C(N/N=C/c1ccc(Sc2ccccn2)s1)c1cccc(Cl)c1. The highest BCUT2D eigenvalue weighted by Crippen LogP contribution is 2.31. The monoisotopic (exact) mass is 373 g/mol. The Morgan fingerprint density at radius 3 is 2.92 bits per heavy atom. The maximum absolute atomic E-state index is 11.9. The second kappa shape index (κ2) is 8.10. The van der Waals surface area contributed by atoms with Crippen molar-refractivity contribution in [3.8, 4) is 0 Å². The van der Waals surface area contributed by atoms with E-state index in [-0.39, 0.29) is 5.91 Å². The van der Waals surface area contributed by atoms with Gasteiger partial charge in [0.05, 0.1) is 10.4 Å². The number of hydrogen-bond acceptors (Lipinski definition) is 5. The Morgan fingerprint density at radius 1 is 1.21 bits per heavy atom. The molecule has 0 aliphatic heterocycles. The lowest BCUT2D eigenvalue weighted by Gasteiger charge is -1.99. The number of carbonyl (C=O) groups is 1. The van der Waals surface area contributed by atoms with E-state index < -0.39 is 0 Å². The molecule has 120 valence electrons. The molecule has 0 aliphatic carbocycles. The molecule has 2 heterocycles. The Hall–Kier alpha value is -2.15. The molecule has 2 aromatic heterocycles. The average molecular weight is 374 g/mol. The van der Waals surface area contributed by atoms with Gasteiger partial charge in [0.1, 0.15) is 5.03 Å². The number of aromatic nitrogens is 1. The van der Waals surface area contributed by atoms with Crippen LogP contribution in [0.15, 0.2) is 75.1 Å². The Bertz CT molecular complexity index is 865. The fraction of sp³-hybridized carbons (Fsp3) is 0. The van der Waals surface area contributed by atoms with Gasteiger partial charge in [0.15, 0.2) is 0 Å². The average Bonchev–Trinajstić information content (AvgIpc) is 3.03. The molecule has 0 bridgehead atoms. The molecule has 1 aromatic carbocycles. The van der Waals surface area contributed by atoms with Crippen LogP contribution in [0.25, 0.3) is 0 Å². The van der Waals surface area contributed by atoms with E-state index in [2.05, 4.69) is 15.5 Å². The molecular weight excluding hydrogens is 362 g/mol. The lowest BCUT2D eigenvalue weighted by Crippen LogP contribution is -2.17. The van der Waals surface area contributed by atoms with Gasteiger partial charge in [0.25, 0.3) is 5.91 Å². The first-order valence-electron chi connectivity index (χ1n) is 6.98. The predicted molar refractivity (Wildman–Crippen MR) is 99.2 cm³/mol. The maximum atomic E-state index is 11.9. The van der Waals surface area contributed by atoms with Crippen LogP contribution >= 0.6 is 34.7 Å². The van der Waals surface area contributed by atoms with Crippen LogP contribution in [0.4, 0.5) is 0 Å². The zero-order valence-corrected chi connectivity index (χ0v) is 14.7. The van der Waals surface area contributed by atoms with Crippen molar-refractivity contribution < 1.29 is 4.79 Å². The Morgan fingerprint density at radius 2 is 2.12 bits per heavy atom. The van der Waals surface area contributed by atoms with E-state index in [0.717, 1.165) is 14.1 Å². The summed E-state index contributed by atoms with van der Waals surface area (Å²) in [6.07, 6.45) is 3.39. The summed E-state index contributed by atoms with van der Waals surface area (Å²) < 4.78 is 1.11. The Kier molecular flexibility index (Phi) is 5.63. The molecule has 0 radical (unpaired) electrons. The van der Waals surface area contributed by atoms with Crippen molar-refractivity contribution in [3.63, 3.8) is 0 Å². The summed E-state index contributed by atoms with van der Waals surface area (Å²) in [6, 6.07) is 16.5. The molecule has 0 fully saturated rings. The number of carbonyl (C=O) groups excluding carboxylic acids is 1. The van der Waals surface area contributed by atoms with Gasteiger partial charge in [-0.25, -0.2) is 10.4 Å². The minimum atomic E-state index is -0.298. The van der Waals surface area contributed by atoms with E-state index in [9.17, 15) is 4.79 Å². The number of nitrogens with zero attached hydrogens (tertiary/aromatic N) is 2. The van der Waals surface area contributed by atoms with Crippen LogP contribution in [0, 0.1) is 0 Å². The summed E-state index contributed by atoms with van der Waals surface area (Å²) in [5, 5.41) is 5.44. The van der Waals surface area contributed by atoms with Gasteiger partial charge in [-0.2, -0.15) is 5.10 Å². The Balaban J connectivity index is 1.58. The largest absolute Gasteiger partial charge is 0.271 e. The molecular formula is C17H12ClN3OS2. The minimum absolute atomic E-state index is 0.298. The second-order valence-electron chi connectivity index (χ2n) is 4.64. The van der Waals surface area contributed by atoms with Crippen molar-refractivity contribution in [2.75, 3.05) is 0 Å². The molecule has 0 aliphatic rings. The van der Waals surface area contributed by atoms with Gasteiger partial charge in [-0.05, 0) is 42.5 Å². The topological polar surface area (TPSA) is 54.4 Å². The molecule has 0 saturated heterocycles. The summed E-state index contributed by atoms with van der Waals surface area (Å²) in [6.45, 7) is 0. The van der Waals surface area contributed by atoms with Crippen molar-refractivity contribution >= 4 is 46.8 Å². The van der Waals surface area contributed by atoms with E-state index in [4.69, 9.17) is 11.6 Å². The number of rotatable bonds is 5. The van der Waals surface area contributed by atoms with Crippen LogP contribution in [-0.4, -0.2) is 17.1 Å². The summed E-state index contributed by atoms with van der Waals surface area (Å²) in [7, 11) is 0. The van der Waals surface area contributed by atoms with Gasteiger partial charge in [-0.15, -0.1) is 11.3 Å². The van der Waals surface area contributed by atoms with Crippen molar-refractivity contribution in [1.29, 1.82) is 0 Å². The van der Waals surface area contributed by atoms with Crippen LogP contribution < -0.4 is 5.43 Å². The number of halogens is 1. The lowest BCUT2D eigenvalue weighted by molar-refractivity contribution is 0.0955. The molecule has 24 heavy (non-hydrogen) atoms. The molecule has 3 aromatic rings. The first-order valence-corrected chi connectivity index (χ1v) is 8.99. The molecule has 0 unspecified atom stereocenters. The second-order valence-corrected chi connectivity index (χ2v) is 7.51. The molecule has 3 rings (SSSR count). The predicted octanol–water partition coefficient (Wildman–Crippen LogP) is 4.71. The standard InChI is InChI=1S/C17H12ClN3OS2/c18-13-5-3-4-12(10-13)17(22)21-20-11-14-7-8-16(23-14)24-15-6-1-2-9-19-15/h1-11H,(H,21,22)/b20-11+. The molecule has 0 saturated carbocycles. The van der Waals surface area contributed by atoms with Crippen molar-refractivity contribution in [3.05, 3.63) is 76.3 Å². The number of hydrazone groups is 1. The number of pyridine rings is 1. The van der Waals surface area contributed by atoms with Crippen LogP contribution in [0.2, 0.25) is 5.02 Å². The highest BCUT2D eigenvalue weighted by Gasteiger charge is 2.05. The van der Waals surface area contributed by atoms with Crippen molar-refractivity contribution in [2.24, 2.45) is 5.10 Å². The first-order chi connectivity index (χ1) is 11.7. The van der Waals surface area contributed by atoms with Gasteiger partial charge >= 0.3 is 0 Å². The third-order valence-corrected chi connectivity index (χ3v) is 5.23. The molecule has 1 amide bonds. The lowest BCUT2D eigenvalue weighted by atomic mass is 10.2. The molecule has 1 N–H and O–H groups in total. The number of benzene rings is 1. The zero-order chi connectivity index (χ0) is 16.8. The number of hydrogen-bond donors (Lipinski definition) is 1. The number of amides is 1. The maximum Gasteiger partial charge on any atom is 0.271 e. The van der Waals surface area contributed by atoms with E-state index in [0.29, 0.717) is 10.6 Å².